The van der Waals surface area contributed by atoms with Crippen molar-refractivity contribution < 1.29 is 24.2 Å². The summed E-state index contributed by atoms with van der Waals surface area (Å²) in [5.41, 5.74) is -0.522. The van der Waals surface area contributed by atoms with Gasteiger partial charge in [0, 0.05) is 45.4 Å². The third-order valence-corrected chi connectivity index (χ3v) is 16.4. The summed E-state index contributed by atoms with van der Waals surface area (Å²) in [4.78, 5) is 31.3. The van der Waals surface area contributed by atoms with Crippen LogP contribution in [0.3, 0.4) is 0 Å². The van der Waals surface area contributed by atoms with Gasteiger partial charge >= 0.3 is 6.03 Å². The van der Waals surface area contributed by atoms with E-state index in [1.807, 2.05) is 55.5 Å². The number of benzene rings is 4. The number of hydrogen-bond acceptors (Lipinski definition) is 4. The number of carbonyl (C=O) groups is 2. The van der Waals surface area contributed by atoms with Crippen LogP contribution in [0.4, 0.5) is 9.18 Å². The predicted molar refractivity (Wildman–Crippen MR) is 226 cm³/mol. The lowest BCUT2D eigenvalue weighted by Crippen LogP contribution is -2.67. The lowest BCUT2D eigenvalue weighted by molar-refractivity contribution is -0.177. The zero-order valence-corrected chi connectivity index (χ0v) is 34.4. The number of rotatable bonds is 9. The summed E-state index contributed by atoms with van der Waals surface area (Å²) < 4.78 is 15.3. The second-order valence-electron chi connectivity index (χ2n) is 18.7. The third-order valence-electron chi connectivity index (χ3n) is 16.0. The smallest absolute Gasteiger partial charge is 0.318 e. The number of nitrogens with one attached hydrogen (secondary N) is 1. The Morgan fingerprint density at radius 3 is 2.36 bits per heavy atom. The molecule has 3 saturated carbocycles. The van der Waals surface area contributed by atoms with Gasteiger partial charge in [0.15, 0.2) is 5.78 Å². The Kier molecular flexibility index (Phi) is 9.57. The van der Waals surface area contributed by atoms with Crippen LogP contribution < -0.4 is 5.32 Å². The van der Waals surface area contributed by atoms with Crippen molar-refractivity contribution in [3.8, 4) is 0 Å². The van der Waals surface area contributed by atoms with Crippen LogP contribution in [0.15, 0.2) is 115 Å². The largest absolute Gasteiger partial charge is 0.393 e. The highest BCUT2D eigenvalue weighted by Crippen LogP contribution is 2.78. The van der Waals surface area contributed by atoms with Crippen LogP contribution >= 0.6 is 11.6 Å². The van der Waals surface area contributed by atoms with E-state index < -0.39 is 33.8 Å². The minimum absolute atomic E-state index is 0.0831. The van der Waals surface area contributed by atoms with Gasteiger partial charge in [0.05, 0.1) is 24.3 Å². The number of hydrogen-bond donors (Lipinski definition) is 3. The van der Waals surface area contributed by atoms with E-state index in [-0.39, 0.29) is 58.7 Å². The first-order chi connectivity index (χ1) is 27.7. The Balaban J connectivity index is 1.10. The fourth-order valence-corrected chi connectivity index (χ4v) is 13.1. The number of nitrogens with zero attached hydrogens (tertiary/aromatic N) is 1. The van der Waals surface area contributed by atoms with Gasteiger partial charge in [0.2, 0.25) is 0 Å². The summed E-state index contributed by atoms with van der Waals surface area (Å²) >= 11 is 6.53. The minimum Gasteiger partial charge on any atom is -0.393 e. The van der Waals surface area contributed by atoms with Crippen LogP contribution in [0, 0.1) is 39.3 Å². The molecule has 58 heavy (non-hydrogen) atoms. The maximum atomic E-state index is 15.3. The van der Waals surface area contributed by atoms with Crippen molar-refractivity contribution in [3.63, 3.8) is 0 Å². The van der Waals surface area contributed by atoms with Crippen molar-refractivity contribution in [1.82, 2.24) is 10.2 Å². The minimum atomic E-state index is -1.28. The van der Waals surface area contributed by atoms with E-state index in [9.17, 15) is 19.8 Å². The number of Topliss-reactive ketones (excluding diaryl/α,β-unsaturated/α-hetero) is 1. The molecule has 6 aliphatic carbocycles. The van der Waals surface area contributed by atoms with Gasteiger partial charge in [-0.15, -0.1) is 0 Å². The third kappa shape index (κ3) is 5.85. The van der Waals surface area contributed by atoms with Crippen LogP contribution in [0.2, 0.25) is 5.02 Å². The fourth-order valence-electron chi connectivity index (χ4n) is 12.9. The molecule has 1 unspecified atom stereocenters. The molecular weight excluding hydrogens is 747 g/mol. The first-order valence-electron chi connectivity index (χ1n) is 21.1. The molecule has 3 N–H and O–H groups in total. The Morgan fingerprint density at radius 2 is 1.57 bits per heavy atom. The molecule has 2 amide bonds. The molecule has 0 heterocycles. The lowest BCUT2D eigenvalue weighted by Gasteiger charge is -2.71. The van der Waals surface area contributed by atoms with E-state index in [1.165, 1.54) is 6.07 Å². The van der Waals surface area contributed by atoms with Crippen molar-refractivity contribution in [2.45, 2.75) is 96.4 Å². The second kappa shape index (κ2) is 14.2. The standard InChI is InChI=1S/C50H54ClFN2O4/c1-32(33-11-5-4-6-12-33)53-45(57)54(30-35-15-9-14-34-13-7-8-16-37(34)35)31-49(58)24-21-44-47(49,3)23-20-43-46(2)22-19-36(55)28-48(46)25-26-50(43,44)39(29-48)42(56)27-38-40(51)17-10-18-41(38)52/h4-18,25-26,29,32,36,43-44,55,58H,19-24,27-28,30-31H2,1-3H3,(H,53,57)/t32-,36?,43-,44-,46-,47+,48+,49-,50-/m1/s1. The Hall–Kier alpha value is -4.30. The first-order valence-corrected chi connectivity index (χ1v) is 21.5. The SMILES string of the molecule is C[C@@H](NC(=O)N(Cc1cccc2ccccc12)C[C@]1(O)CC[C@H]2[C@]34C=C[C@@]5(C=C3C(=O)Cc3c(F)cccc3Cl)CC(O)CC[C@]5(C)[C@H]4CC[C@@]21C)c1ccccc1. The fraction of sp³-hybridized carbons (Fsp3) is 0.440. The molecule has 4 aromatic rings. The van der Waals surface area contributed by atoms with Crippen LogP contribution in [-0.4, -0.2) is 45.2 Å². The van der Waals surface area contributed by atoms with Crippen molar-refractivity contribution >= 4 is 34.2 Å². The predicted octanol–water partition coefficient (Wildman–Crippen LogP) is 10.3. The normalized spacial score (nSPS) is 33.8. The molecule has 8 heteroatoms. The number of carbonyl (C=O) groups excluding carboxylic acids is 2. The molecule has 6 nitrogen and oxygen atoms in total. The molecule has 10 rings (SSSR count). The molecule has 0 aromatic heterocycles. The number of ketones is 1. The molecule has 6 aliphatic rings. The highest BCUT2D eigenvalue weighted by molar-refractivity contribution is 6.31. The molecule has 2 bridgehead atoms. The van der Waals surface area contributed by atoms with Crippen LogP contribution in [0.1, 0.15) is 88.4 Å². The van der Waals surface area contributed by atoms with Crippen molar-refractivity contribution in [2.24, 2.45) is 33.5 Å². The second-order valence-corrected chi connectivity index (χ2v) is 19.1. The average molecular weight is 801 g/mol. The Morgan fingerprint density at radius 1 is 0.879 bits per heavy atom. The van der Waals surface area contributed by atoms with Gasteiger partial charge < -0.3 is 20.4 Å². The number of aliphatic hydroxyl groups excluding tert-OH is 1. The summed E-state index contributed by atoms with van der Waals surface area (Å²) in [6.45, 7) is 6.94. The summed E-state index contributed by atoms with van der Waals surface area (Å²) in [5.74, 6) is -0.703. The summed E-state index contributed by atoms with van der Waals surface area (Å²) in [5, 5.41) is 30.1. The van der Waals surface area contributed by atoms with Crippen molar-refractivity contribution in [1.29, 1.82) is 0 Å². The molecular formula is C50H54ClFN2O4. The molecule has 0 radical (unpaired) electrons. The van der Waals surface area contributed by atoms with E-state index >= 15 is 4.39 Å². The topological polar surface area (TPSA) is 89.9 Å². The number of urea groups is 1. The molecule has 9 atom stereocenters. The monoisotopic (exact) mass is 800 g/mol. The van der Waals surface area contributed by atoms with Crippen LogP contribution in [-0.2, 0) is 17.8 Å². The summed E-state index contributed by atoms with van der Waals surface area (Å²) in [6, 6.07) is 28.3. The first kappa shape index (κ1) is 39.2. The van der Waals surface area contributed by atoms with Crippen LogP contribution in [0.5, 0.6) is 0 Å². The van der Waals surface area contributed by atoms with E-state index in [4.69, 9.17) is 11.6 Å². The maximum absolute atomic E-state index is 15.3. The van der Waals surface area contributed by atoms with Crippen molar-refractivity contribution in [3.05, 3.63) is 142 Å². The molecule has 0 aliphatic heterocycles. The van der Waals surface area contributed by atoms with Gasteiger partial charge in [0.25, 0.3) is 0 Å². The quantitative estimate of drug-likeness (QED) is 0.147. The summed E-state index contributed by atoms with van der Waals surface area (Å²) in [7, 11) is 0. The number of amides is 2. The zero-order chi connectivity index (χ0) is 40.7. The van der Waals surface area contributed by atoms with Gasteiger partial charge in [-0.05, 0) is 103 Å². The van der Waals surface area contributed by atoms with Crippen LogP contribution in [0.25, 0.3) is 10.8 Å². The maximum Gasteiger partial charge on any atom is 0.318 e. The summed E-state index contributed by atoms with van der Waals surface area (Å²) in [6.07, 6.45) is 10.7. The van der Waals surface area contributed by atoms with E-state index in [2.05, 4.69) is 61.7 Å². The van der Waals surface area contributed by atoms with E-state index in [0.29, 0.717) is 37.8 Å². The number of aliphatic hydroxyl groups is 2. The van der Waals surface area contributed by atoms with Gasteiger partial charge in [0.1, 0.15) is 5.82 Å². The van der Waals surface area contributed by atoms with Gasteiger partial charge in [-0.25, -0.2) is 9.18 Å². The van der Waals surface area contributed by atoms with E-state index in [1.54, 1.807) is 17.0 Å². The van der Waals surface area contributed by atoms with Gasteiger partial charge in [-0.1, -0.05) is 123 Å². The highest BCUT2D eigenvalue weighted by atomic mass is 35.5. The zero-order valence-electron chi connectivity index (χ0n) is 33.7. The molecule has 2 spiro atoms. The average Bonchev–Trinajstić information content (AvgIpc) is 3.49. The highest BCUT2D eigenvalue weighted by Gasteiger charge is 2.74. The molecule has 4 aromatic carbocycles. The van der Waals surface area contributed by atoms with Crippen molar-refractivity contribution in [2.75, 3.05) is 6.54 Å². The molecule has 3 fully saturated rings. The van der Waals surface area contributed by atoms with Gasteiger partial charge in [-0.2, -0.15) is 0 Å². The van der Waals surface area contributed by atoms with Gasteiger partial charge in [-0.3, -0.25) is 4.79 Å². The molecule has 0 saturated heterocycles. The Labute approximate surface area is 346 Å². The Bertz CT molecular complexity index is 2320. The van der Waals surface area contributed by atoms with E-state index in [0.717, 1.165) is 41.2 Å². The molecule has 302 valence electrons. The lowest BCUT2D eigenvalue weighted by atomic mass is 9.32. The number of allylic oxidation sites excluding steroid dienone is 4. The number of halogens is 2. The number of fused-ring (bicyclic) bond motifs is 2.